The molecule has 0 radical (unpaired) electrons. The molecule has 80 valence electrons. The van der Waals surface area contributed by atoms with E-state index in [2.05, 4.69) is 10.3 Å². The third-order valence-corrected chi connectivity index (χ3v) is 2.05. The van der Waals surface area contributed by atoms with Crippen molar-refractivity contribution in [3.05, 3.63) is 54.4 Å². The van der Waals surface area contributed by atoms with E-state index in [1.54, 1.807) is 6.07 Å². The van der Waals surface area contributed by atoms with Gasteiger partial charge in [-0.1, -0.05) is 18.2 Å². The van der Waals surface area contributed by atoms with E-state index in [1.165, 1.54) is 12.3 Å². The molecule has 0 bridgehead atoms. The molecule has 4 heteroatoms. The summed E-state index contributed by atoms with van der Waals surface area (Å²) in [6, 6.07) is 12.4. The zero-order chi connectivity index (χ0) is 11.4. The molecule has 1 aromatic carbocycles. The molecule has 1 amide bonds. The zero-order valence-corrected chi connectivity index (χ0v) is 8.55. The number of para-hydroxylation sites is 1. The molecule has 0 saturated carbocycles. The van der Waals surface area contributed by atoms with Crippen LogP contribution in [0.15, 0.2) is 48.7 Å². The third kappa shape index (κ3) is 2.36. The van der Waals surface area contributed by atoms with Crippen LogP contribution in [0.25, 0.3) is 0 Å². The number of amides is 1. The number of nitrogens with zero attached hydrogens (tertiary/aromatic N) is 1. The number of anilines is 2. The molecule has 0 unspecified atom stereocenters. The molecule has 0 aliphatic rings. The summed E-state index contributed by atoms with van der Waals surface area (Å²) in [7, 11) is 0. The second-order valence-electron chi connectivity index (χ2n) is 3.29. The SMILES string of the molecule is Nc1ccnc(C(=O)Nc2ccccc2)c1. The minimum absolute atomic E-state index is 0.265. The van der Waals surface area contributed by atoms with E-state index in [0.717, 1.165) is 5.69 Å². The van der Waals surface area contributed by atoms with Crippen molar-refractivity contribution in [2.24, 2.45) is 0 Å². The van der Waals surface area contributed by atoms with Gasteiger partial charge < -0.3 is 11.1 Å². The van der Waals surface area contributed by atoms with Gasteiger partial charge in [0.1, 0.15) is 5.69 Å². The Hall–Kier alpha value is -2.36. The number of carbonyl (C=O) groups excluding carboxylic acids is 1. The molecular weight excluding hydrogens is 202 g/mol. The number of pyridine rings is 1. The summed E-state index contributed by atoms with van der Waals surface area (Å²) in [5.74, 6) is -0.265. The second kappa shape index (κ2) is 4.44. The lowest BCUT2D eigenvalue weighted by atomic mass is 10.3. The van der Waals surface area contributed by atoms with Crippen LogP contribution in [0.4, 0.5) is 11.4 Å². The summed E-state index contributed by atoms with van der Waals surface area (Å²) in [6.45, 7) is 0. The lowest BCUT2D eigenvalue weighted by Gasteiger charge is -2.04. The van der Waals surface area contributed by atoms with Crippen LogP contribution in [-0.2, 0) is 0 Å². The summed E-state index contributed by atoms with van der Waals surface area (Å²) in [5.41, 5.74) is 7.13. The van der Waals surface area contributed by atoms with E-state index in [-0.39, 0.29) is 5.91 Å². The topological polar surface area (TPSA) is 68.0 Å². The van der Waals surface area contributed by atoms with E-state index in [0.29, 0.717) is 11.4 Å². The molecule has 0 atom stereocenters. The first-order valence-electron chi connectivity index (χ1n) is 4.83. The molecule has 1 heterocycles. The highest BCUT2D eigenvalue weighted by Gasteiger charge is 2.06. The maximum atomic E-state index is 11.7. The molecule has 3 N–H and O–H groups in total. The number of aromatic nitrogens is 1. The van der Waals surface area contributed by atoms with Gasteiger partial charge in [-0.25, -0.2) is 0 Å². The lowest BCUT2D eigenvalue weighted by Crippen LogP contribution is -2.13. The number of nitrogens with one attached hydrogen (secondary N) is 1. The first kappa shape index (κ1) is 10.2. The molecule has 2 aromatic rings. The number of carbonyl (C=O) groups is 1. The van der Waals surface area contributed by atoms with E-state index < -0.39 is 0 Å². The standard InChI is InChI=1S/C12H11N3O/c13-9-6-7-14-11(8-9)12(16)15-10-4-2-1-3-5-10/h1-8H,(H2,13,14)(H,15,16). The Labute approximate surface area is 93.1 Å². The predicted octanol–water partition coefficient (Wildman–Crippen LogP) is 1.92. The molecule has 4 nitrogen and oxygen atoms in total. The third-order valence-electron chi connectivity index (χ3n) is 2.05. The fourth-order valence-electron chi connectivity index (χ4n) is 1.29. The summed E-state index contributed by atoms with van der Waals surface area (Å²) < 4.78 is 0. The fraction of sp³-hybridized carbons (Fsp3) is 0. The van der Waals surface area contributed by atoms with E-state index >= 15 is 0 Å². The number of hydrogen-bond donors (Lipinski definition) is 2. The molecular formula is C12H11N3O. The van der Waals surface area contributed by atoms with Gasteiger partial charge in [0.15, 0.2) is 0 Å². The van der Waals surface area contributed by atoms with Crippen molar-refractivity contribution in [3.63, 3.8) is 0 Å². The van der Waals surface area contributed by atoms with Gasteiger partial charge in [0.05, 0.1) is 0 Å². The number of rotatable bonds is 2. The van der Waals surface area contributed by atoms with Crippen LogP contribution >= 0.6 is 0 Å². The average Bonchev–Trinajstić information content (AvgIpc) is 2.30. The number of hydrogen-bond acceptors (Lipinski definition) is 3. The van der Waals surface area contributed by atoms with Crippen molar-refractivity contribution in [2.45, 2.75) is 0 Å². The van der Waals surface area contributed by atoms with Crippen LogP contribution in [0.5, 0.6) is 0 Å². The highest BCUT2D eigenvalue weighted by Crippen LogP contribution is 2.08. The summed E-state index contributed by atoms with van der Waals surface area (Å²) in [6.07, 6.45) is 1.51. The molecule has 1 aromatic heterocycles. The quantitative estimate of drug-likeness (QED) is 0.800. The van der Waals surface area contributed by atoms with Crippen LogP contribution in [0.1, 0.15) is 10.5 Å². The van der Waals surface area contributed by atoms with Crippen molar-refractivity contribution in [3.8, 4) is 0 Å². The normalized spacial score (nSPS) is 9.75. The monoisotopic (exact) mass is 213 g/mol. The Kier molecular flexibility index (Phi) is 2.82. The minimum Gasteiger partial charge on any atom is -0.399 e. The fourth-order valence-corrected chi connectivity index (χ4v) is 1.29. The van der Waals surface area contributed by atoms with Crippen LogP contribution < -0.4 is 11.1 Å². The predicted molar refractivity (Wildman–Crippen MR) is 63.0 cm³/mol. The number of nitrogen functional groups attached to an aromatic ring is 1. The maximum Gasteiger partial charge on any atom is 0.274 e. The molecule has 0 aliphatic carbocycles. The summed E-state index contributed by atoms with van der Waals surface area (Å²) >= 11 is 0. The largest absolute Gasteiger partial charge is 0.399 e. The first-order chi connectivity index (χ1) is 7.75. The molecule has 0 saturated heterocycles. The van der Waals surface area contributed by atoms with Gasteiger partial charge >= 0.3 is 0 Å². The number of benzene rings is 1. The van der Waals surface area contributed by atoms with Gasteiger partial charge in [-0.3, -0.25) is 9.78 Å². The Morgan fingerprint density at radius 2 is 1.94 bits per heavy atom. The highest BCUT2D eigenvalue weighted by atomic mass is 16.1. The van der Waals surface area contributed by atoms with Gasteiger partial charge in [0.2, 0.25) is 0 Å². The molecule has 0 aliphatic heterocycles. The average molecular weight is 213 g/mol. The maximum absolute atomic E-state index is 11.7. The smallest absolute Gasteiger partial charge is 0.274 e. The van der Waals surface area contributed by atoms with Gasteiger partial charge in [0.25, 0.3) is 5.91 Å². The highest BCUT2D eigenvalue weighted by molar-refractivity contribution is 6.03. The van der Waals surface area contributed by atoms with Crippen molar-refractivity contribution >= 4 is 17.3 Å². The van der Waals surface area contributed by atoms with Gasteiger partial charge in [-0.05, 0) is 24.3 Å². The summed E-state index contributed by atoms with van der Waals surface area (Å²) in [5, 5.41) is 2.73. The van der Waals surface area contributed by atoms with Gasteiger partial charge in [-0.2, -0.15) is 0 Å². The van der Waals surface area contributed by atoms with Crippen molar-refractivity contribution < 1.29 is 4.79 Å². The van der Waals surface area contributed by atoms with E-state index in [1.807, 2.05) is 30.3 Å². The Morgan fingerprint density at radius 1 is 1.19 bits per heavy atom. The summed E-state index contributed by atoms with van der Waals surface area (Å²) in [4.78, 5) is 15.7. The van der Waals surface area contributed by atoms with Crippen LogP contribution in [-0.4, -0.2) is 10.9 Å². The Morgan fingerprint density at radius 3 is 2.62 bits per heavy atom. The van der Waals surface area contributed by atoms with Crippen molar-refractivity contribution in [1.82, 2.24) is 4.98 Å². The first-order valence-corrected chi connectivity index (χ1v) is 4.83. The zero-order valence-electron chi connectivity index (χ0n) is 8.55. The molecule has 16 heavy (non-hydrogen) atoms. The van der Waals surface area contributed by atoms with Crippen LogP contribution in [0.2, 0.25) is 0 Å². The second-order valence-corrected chi connectivity index (χ2v) is 3.29. The van der Waals surface area contributed by atoms with E-state index in [9.17, 15) is 4.79 Å². The molecule has 0 spiro atoms. The van der Waals surface area contributed by atoms with Crippen LogP contribution in [0.3, 0.4) is 0 Å². The van der Waals surface area contributed by atoms with Crippen LogP contribution in [0, 0.1) is 0 Å². The van der Waals surface area contributed by atoms with Gasteiger partial charge in [0, 0.05) is 17.6 Å². The lowest BCUT2D eigenvalue weighted by molar-refractivity contribution is 0.102. The van der Waals surface area contributed by atoms with Gasteiger partial charge in [-0.15, -0.1) is 0 Å². The Bertz CT molecular complexity index is 497. The van der Waals surface area contributed by atoms with Crippen molar-refractivity contribution in [2.75, 3.05) is 11.1 Å². The Balaban J connectivity index is 2.15. The molecule has 0 fully saturated rings. The van der Waals surface area contributed by atoms with E-state index in [4.69, 9.17) is 5.73 Å². The number of nitrogens with two attached hydrogens (primary N) is 1. The molecule has 2 rings (SSSR count). The minimum atomic E-state index is -0.265. The van der Waals surface area contributed by atoms with Crippen molar-refractivity contribution in [1.29, 1.82) is 0 Å².